The summed E-state index contributed by atoms with van der Waals surface area (Å²) in [7, 11) is 0. The molecule has 0 fully saturated rings. The summed E-state index contributed by atoms with van der Waals surface area (Å²) in [5.74, 6) is -0.477. The fourth-order valence-corrected chi connectivity index (χ4v) is 2.60. The van der Waals surface area contributed by atoms with Gasteiger partial charge in [0.05, 0.1) is 31.4 Å². The second-order valence-electron chi connectivity index (χ2n) is 5.19. The van der Waals surface area contributed by atoms with Crippen molar-refractivity contribution in [3.63, 3.8) is 0 Å². The van der Waals surface area contributed by atoms with Gasteiger partial charge in [-0.15, -0.1) is 0 Å². The highest BCUT2D eigenvalue weighted by molar-refractivity contribution is 5.92. The van der Waals surface area contributed by atoms with Gasteiger partial charge in [-0.2, -0.15) is 0 Å². The van der Waals surface area contributed by atoms with E-state index in [0.717, 1.165) is 5.56 Å². The van der Waals surface area contributed by atoms with E-state index < -0.39 is 18.1 Å². The highest BCUT2D eigenvalue weighted by Crippen LogP contribution is 2.26. The molecule has 1 aliphatic heterocycles. The minimum absolute atomic E-state index is 0.112. The molecular weight excluding hydrogens is 296 g/mol. The summed E-state index contributed by atoms with van der Waals surface area (Å²) < 4.78 is 10.1. The van der Waals surface area contributed by atoms with Gasteiger partial charge < -0.3 is 15.2 Å². The summed E-state index contributed by atoms with van der Waals surface area (Å²) in [4.78, 5) is 25.7. The predicted octanol–water partition coefficient (Wildman–Crippen LogP) is 1.85. The Kier molecular flexibility index (Phi) is 5.62. The lowest BCUT2D eigenvalue weighted by Crippen LogP contribution is -2.40. The van der Waals surface area contributed by atoms with Crippen molar-refractivity contribution in [2.75, 3.05) is 19.8 Å². The minimum atomic E-state index is -0.477. The molecular formula is C17H22N2O4. The lowest BCUT2D eigenvalue weighted by molar-refractivity contribution is -0.138. The van der Waals surface area contributed by atoms with Crippen LogP contribution in [0, 0.1) is 0 Å². The average molecular weight is 318 g/mol. The number of esters is 1. The number of hydrogen-bond acceptors (Lipinski definition) is 5. The predicted molar refractivity (Wildman–Crippen MR) is 85.5 cm³/mol. The molecule has 0 spiro atoms. The largest absolute Gasteiger partial charge is 0.463 e. The third kappa shape index (κ3) is 3.83. The molecule has 6 heteroatoms. The maximum Gasteiger partial charge on any atom is 0.410 e. The molecule has 23 heavy (non-hydrogen) atoms. The van der Waals surface area contributed by atoms with Gasteiger partial charge >= 0.3 is 12.1 Å². The van der Waals surface area contributed by atoms with Crippen molar-refractivity contribution in [3.05, 3.63) is 47.2 Å². The van der Waals surface area contributed by atoms with Crippen LogP contribution >= 0.6 is 0 Å². The van der Waals surface area contributed by atoms with Crippen molar-refractivity contribution in [3.8, 4) is 0 Å². The fraction of sp³-hybridized carbons (Fsp3) is 0.412. The van der Waals surface area contributed by atoms with Gasteiger partial charge in [-0.3, -0.25) is 4.90 Å². The first-order valence-corrected chi connectivity index (χ1v) is 7.71. The third-order valence-corrected chi connectivity index (χ3v) is 3.71. The van der Waals surface area contributed by atoms with Gasteiger partial charge in [0, 0.05) is 5.70 Å². The van der Waals surface area contributed by atoms with Crippen LogP contribution in [0.2, 0.25) is 0 Å². The second kappa shape index (κ2) is 7.67. The topological polar surface area (TPSA) is 81.9 Å². The molecule has 1 aliphatic rings. The maximum absolute atomic E-state index is 12.2. The zero-order valence-corrected chi connectivity index (χ0v) is 13.5. The fourth-order valence-electron chi connectivity index (χ4n) is 2.60. The van der Waals surface area contributed by atoms with E-state index in [1.807, 2.05) is 30.3 Å². The molecule has 1 amide bonds. The molecule has 124 valence electrons. The van der Waals surface area contributed by atoms with Crippen molar-refractivity contribution < 1.29 is 19.1 Å². The number of benzene rings is 1. The van der Waals surface area contributed by atoms with Crippen molar-refractivity contribution in [2.24, 2.45) is 5.73 Å². The summed E-state index contributed by atoms with van der Waals surface area (Å²) in [6.45, 7) is 4.11. The van der Waals surface area contributed by atoms with E-state index in [4.69, 9.17) is 15.2 Å². The number of carbonyl (C=O) groups is 2. The third-order valence-electron chi connectivity index (χ3n) is 3.71. The van der Waals surface area contributed by atoms with Crippen molar-refractivity contribution in [1.82, 2.24) is 4.90 Å². The van der Waals surface area contributed by atoms with Gasteiger partial charge in [-0.25, -0.2) is 9.59 Å². The van der Waals surface area contributed by atoms with Crippen molar-refractivity contribution in [2.45, 2.75) is 26.3 Å². The van der Waals surface area contributed by atoms with Crippen LogP contribution < -0.4 is 5.73 Å². The number of carbonyl (C=O) groups excluding carboxylic acids is 2. The highest BCUT2D eigenvalue weighted by atomic mass is 16.6. The second-order valence-corrected chi connectivity index (χ2v) is 5.19. The monoisotopic (exact) mass is 318 g/mol. The zero-order chi connectivity index (χ0) is 16.8. The molecule has 2 rings (SSSR count). The Hall–Kier alpha value is -2.50. The molecule has 0 aromatic heterocycles. The lowest BCUT2D eigenvalue weighted by Gasteiger charge is -2.25. The SMILES string of the molecule is CCOC(=O)C1=C(N)C(Cc2ccccc2)N(C(=O)OCC)C1. The molecule has 0 saturated carbocycles. The van der Waals surface area contributed by atoms with Gasteiger partial charge in [-0.1, -0.05) is 30.3 Å². The van der Waals surface area contributed by atoms with Crippen LogP contribution in [-0.2, 0) is 20.7 Å². The molecule has 1 unspecified atom stereocenters. The van der Waals surface area contributed by atoms with Crippen LogP contribution in [0.3, 0.4) is 0 Å². The molecule has 1 aromatic rings. The smallest absolute Gasteiger partial charge is 0.410 e. The van der Waals surface area contributed by atoms with E-state index in [9.17, 15) is 9.59 Å². The van der Waals surface area contributed by atoms with Crippen molar-refractivity contribution >= 4 is 12.1 Å². The number of ether oxygens (including phenoxy) is 2. The molecule has 0 aliphatic carbocycles. The summed E-state index contributed by atoms with van der Waals surface area (Å²) in [6.07, 6.45) is 0.0460. The van der Waals surface area contributed by atoms with Crippen LogP contribution in [0.5, 0.6) is 0 Å². The Bertz CT molecular complexity index is 598. The number of nitrogens with zero attached hydrogens (tertiary/aromatic N) is 1. The highest BCUT2D eigenvalue weighted by Gasteiger charge is 2.38. The van der Waals surface area contributed by atoms with Crippen LogP contribution in [0.1, 0.15) is 19.4 Å². The Labute approximate surface area is 135 Å². The van der Waals surface area contributed by atoms with Gasteiger partial charge in [0.15, 0.2) is 0 Å². The Morgan fingerprint density at radius 1 is 1.17 bits per heavy atom. The summed E-state index contributed by atoms with van der Waals surface area (Å²) in [5.41, 5.74) is 7.89. The van der Waals surface area contributed by atoms with Crippen LogP contribution in [0.4, 0.5) is 4.79 Å². The van der Waals surface area contributed by atoms with E-state index in [0.29, 0.717) is 17.7 Å². The number of hydrogen-bond donors (Lipinski definition) is 1. The van der Waals surface area contributed by atoms with Crippen LogP contribution in [-0.4, -0.2) is 42.8 Å². The number of amides is 1. The number of rotatable bonds is 5. The quantitative estimate of drug-likeness (QED) is 0.838. The van der Waals surface area contributed by atoms with Gasteiger partial charge in [-0.05, 0) is 25.8 Å². The van der Waals surface area contributed by atoms with Crippen LogP contribution in [0.15, 0.2) is 41.6 Å². The van der Waals surface area contributed by atoms with Crippen molar-refractivity contribution in [1.29, 1.82) is 0 Å². The Morgan fingerprint density at radius 3 is 2.43 bits per heavy atom. The first kappa shape index (κ1) is 16.9. The van der Waals surface area contributed by atoms with E-state index in [1.54, 1.807) is 13.8 Å². The summed E-state index contributed by atoms with van der Waals surface area (Å²) in [5, 5.41) is 0. The molecule has 0 radical (unpaired) electrons. The Morgan fingerprint density at radius 2 is 1.83 bits per heavy atom. The molecule has 1 atom stereocenters. The van der Waals surface area contributed by atoms with Crippen LogP contribution in [0.25, 0.3) is 0 Å². The lowest BCUT2D eigenvalue weighted by atomic mass is 10.0. The molecule has 0 bridgehead atoms. The molecule has 1 heterocycles. The zero-order valence-electron chi connectivity index (χ0n) is 13.5. The first-order chi connectivity index (χ1) is 11.1. The van der Waals surface area contributed by atoms with E-state index in [1.165, 1.54) is 4.90 Å². The number of nitrogens with two attached hydrogens (primary N) is 1. The maximum atomic E-state index is 12.2. The normalized spacial score (nSPS) is 17.3. The molecule has 6 nitrogen and oxygen atoms in total. The minimum Gasteiger partial charge on any atom is -0.463 e. The van der Waals surface area contributed by atoms with E-state index in [-0.39, 0.29) is 19.8 Å². The van der Waals surface area contributed by atoms with Gasteiger partial charge in [0.25, 0.3) is 0 Å². The molecule has 0 saturated heterocycles. The molecule has 1 aromatic carbocycles. The first-order valence-electron chi connectivity index (χ1n) is 7.71. The molecule has 2 N–H and O–H groups in total. The Balaban J connectivity index is 2.26. The van der Waals surface area contributed by atoms with E-state index in [2.05, 4.69) is 0 Å². The average Bonchev–Trinajstić information content (AvgIpc) is 2.86. The van der Waals surface area contributed by atoms with Gasteiger partial charge in [0.1, 0.15) is 0 Å². The van der Waals surface area contributed by atoms with Gasteiger partial charge in [0.2, 0.25) is 0 Å². The summed E-state index contributed by atoms with van der Waals surface area (Å²) >= 11 is 0. The standard InChI is InChI=1S/C17H22N2O4/c1-3-22-16(20)13-11-19(17(21)23-4-2)14(15(13)18)10-12-8-6-5-7-9-12/h5-9,14H,3-4,10-11,18H2,1-2H3. The van der Waals surface area contributed by atoms with E-state index >= 15 is 0 Å². The summed E-state index contributed by atoms with van der Waals surface area (Å²) in [6, 6.07) is 9.27.